The van der Waals surface area contributed by atoms with Crippen LogP contribution in [0.2, 0.25) is 0 Å². The molecule has 20 heavy (non-hydrogen) atoms. The van der Waals surface area contributed by atoms with Crippen LogP contribution in [0.4, 0.5) is 0 Å². The van der Waals surface area contributed by atoms with E-state index in [4.69, 9.17) is 0 Å². The topological polar surface area (TPSA) is 38.0 Å². The summed E-state index contributed by atoms with van der Waals surface area (Å²) in [6.45, 7) is 7.13. The fourth-order valence-corrected chi connectivity index (χ4v) is 2.90. The second-order valence-electron chi connectivity index (χ2n) is 5.24. The van der Waals surface area contributed by atoms with Gasteiger partial charge in [0.15, 0.2) is 0 Å². The van der Waals surface area contributed by atoms with Crippen LogP contribution < -0.4 is 0 Å². The Balaban J connectivity index is 2.21. The van der Waals surface area contributed by atoms with Gasteiger partial charge in [0.2, 0.25) is 0 Å². The fourth-order valence-electron chi connectivity index (χ4n) is 2.34. The van der Waals surface area contributed by atoms with Gasteiger partial charge >= 0.3 is 0 Å². The summed E-state index contributed by atoms with van der Waals surface area (Å²) in [6, 6.07) is 6.34. The molecular weight excluding hydrogens is 316 g/mol. The summed E-state index contributed by atoms with van der Waals surface area (Å²) in [7, 11) is 0. The van der Waals surface area contributed by atoms with Crippen molar-refractivity contribution in [2.45, 2.75) is 46.3 Å². The zero-order valence-corrected chi connectivity index (χ0v) is 13.8. The molecule has 1 unspecified atom stereocenters. The number of rotatable bonds is 5. The van der Waals surface area contributed by atoms with Gasteiger partial charge in [-0.25, -0.2) is 0 Å². The Morgan fingerprint density at radius 2 is 2.05 bits per heavy atom. The quantitative estimate of drug-likeness (QED) is 0.897. The molecule has 3 nitrogen and oxygen atoms in total. The molecular formula is C16H21BrN2O. The van der Waals surface area contributed by atoms with Crippen molar-refractivity contribution in [3.63, 3.8) is 0 Å². The highest BCUT2D eigenvalue weighted by atomic mass is 79.9. The highest BCUT2D eigenvalue weighted by Gasteiger charge is 2.18. The Kier molecular flexibility index (Phi) is 5.00. The van der Waals surface area contributed by atoms with E-state index < -0.39 is 6.10 Å². The number of aryl methyl sites for hydroxylation is 3. The lowest BCUT2D eigenvalue weighted by atomic mass is 10.0. The number of halogens is 1. The third-order valence-electron chi connectivity index (χ3n) is 3.58. The molecule has 0 saturated heterocycles. The SMILES string of the molecule is CCCn1ncc(Br)c1C(O)Cc1ccc(C)c(C)c1. The number of aliphatic hydroxyl groups is 1. The van der Waals surface area contributed by atoms with Gasteiger partial charge in [0.05, 0.1) is 16.4 Å². The summed E-state index contributed by atoms with van der Waals surface area (Å²) in [6.07, 6.45) is 2.82. The molecule has 1 aromatic carbocycles. The number of hydrogen-bond donors (Lipinski definition) is 1. The van der Waals surface area contributed by atoms with Crippen LogP contribution in [0.1, 0.15) is 41.8 Å². The van der Waals surface area contributed by atoms with Crippen molar-refractivity contribution in [3.05, 3.63) is 51.3 Å². The smallest absolute Gasteiger partial charge is 0.101 e. The molecule has 1 N–H and O–H groups in total. The molecule has 0 spiro atoms. The molecule has 0 saturated carbocycles. The number of benzene rings is 1. The lowest BCUT2D eigenvalue weighted by molar-refractivity contribution is 0.166. The van der Waals surface area contributed by atoms with Crippen LogP contribution in [0.15, 0.2) is 28.9 Å². The van der Waals surface area contributed by atoms with Crippen molar-refractivity contribution in [1.29, 1.82) is 0 Å². The van der Waals surface area contributed by atoms with Crippen LogP contribution in [0.5, 0.6) is 0 Å². The van der Waals surface area contributed by atoms with Gasteiger partial charge in [-0.05, 0) is 52.9 Å². The lowest BCUT2D eigenvalue weighted by Gasteiger charge is -2.15. The molecule has 1 aromatic heterocycles. The monoisotopic (exact) mass is 336 g/mol. The maximum Gasteiger partial charge on any atom is 0.101 e. The van der Waals surface area contributed by atoms with E-state index in [0.29, 0.717) is 6.42 Å². The van der Waals surface area contributed by atoms with Crippen LogP contribution in [-0.4, -0.2) is 14.9 Å². The average molecular weight is 337 g/mol. The molecule has 0 aliphatic rings. The Morgan fingerprint density at radius 1 is 1.30 bits per heavy atom. The summed E-state index contributed by atoms with van der Waals surface area (Å²) >= 11 is 3.48. The molecule has 0 aliphatic carbocycles. The maximum absolute atomic E-state index is 10.5. The van der Waals surface area contributed by atoms with Gasteiger partial charge in [0.1, 0.15) is 6.10 Å². The highest BCUT2D eigenvalue weighted by Crippen LogP contribution is 2.26. The predicted molar refractivity (Wildman–Crippen MR) is 84.8 cm³/mol. The molecule has 2 rings (SSSR count). The van der Waals surface area contributed by atoms with Crippen LogP contribution in [-0.2, 0) is 13.0 Å². The van der Waals surface area contributed by atoms with Gasteiger partial charge in [-0.3, -0.25) is 4.68 Å². The summed E-state index contributed by atoms with van der Waals surface area (Å²) < 4.78 is 2.76. The first-order valence-corrected chi connectivity index (χ1v) is 7.77. The Labute approximate surface area is 128 Å². The predicted octanol–water partition coefficient (Wildman–Crippen LogP) is 3.95. The molecule has 1 heterocycles. The highest BCUT2D eigenvalue weighted by molar-refractivity contribution is 9.10. The molecule has 4 heteroatoms. The number of aromatic nitrogens is 2. The molecule has 0 aliphatic heterocycles. The Bertz CT molecular complexity index is 592. The van der Waals surface area contributed by atoms with Gasteiger partial charge in [-0.15, -0.1) is 0 Å². The van der Waals surface area contributed by atoms with Crippen molar-refractivity contribution in [2.24, 2.45) is 0 Å². The zero-order valence-electron chi connectivity index (χ0n) is 12.2. The lowest BCUT2D eigenvalue weighted by Crippen LogP contribution is -2.11. The van der Waals surface area contributed by atoms with E-state index in [1.165, 1.54) is 11.1 Å². The summed E-state index contributed by atoms with van der Waals surface area (Å²) in [5, 5.41) is 14.8. The molecule has 0 bridgehead atoms. The third-order valence-corrected chi connectivity index (χ3v) is 4.20. The Morgan fingerprint density at radius 3 is 2.70 bits per heavy atom. The summed E-state index contributed by atoms with van der Waals surface area (Å²) in [5.41, 5.74) is 4.55. The van der Waals surface area contributed by atoms with E-state index in [1.54, 1.807) is 6.20 Å². The Hall–Kier alpha value is -1.13. The van der Waals surface area contributed by atoms with Crippen LogP contribution in [0.3, 0.4) is 0 Å². The largest absolute Gasteiger partial charge is 0.386 e. The molecule has 0 radical (unpaired) electrons. The number of hydrogen-bond acceptors (Lipinski definition) is 2. The van der Waals surface area contributed by atoms with E-state index in [1.807, 2.05) is 4.68 Å². The van der Waals surface area contributed by atoms with E-state index in [-0.39, 0.29) is 0 Å². The van der Waals surface area contributed by atoms with Crippen molar-refractivity contribution in [3.8, 4) is 0 Å². The molecule has 0 amide bonds. The van der Waals surface area contributed by atoms with E-state index in [2.05, 4.69) is 60.0 Å². The molecule has 2 aromatic rings. The van der Waals surface area contributed by atoms with Gasteiger partial charge in [-0.1, -0.05) is 25.1 Å². The van der Waals surface area contributed by atoms with Gasteiger partial charge < -0.3 is 5.11 Å². The molecule has 0 fully saturated rings. The van der Waals surface area contributed by atoms with Crippen molar-refractivity contribution in [2.75, 3.05) is 0 Å². The fraction of sp³-hybridized carbons (Fsp3) is 0.438. The molecule has 1 atom stereocenters. The van der Waals surface area contributed by atoms with Crippen LogP contribution in [0, 0.1) is 13.8 Å². The van der Waals surface area contributed by atoms with Gasteiger partial charge in [-0.2, -0.15) is 5.10 Å². The van der Waals surface area contributed by atoms with Gasteiger partial charge in [0.25, 0.3) is 0 Å². The first-order chi connectivity index (χ1) is 9.52. The summed E-state index contributed by atoms with van der Waals surface area (Å²) in [5.74, 6) is 0. The average Bonchev–Trinajstić information content (AvgIpc) is 2.76. The van der Waals surface area contributed by atoms with Gasteiger partial charge in [0, 0.05) is 13.0 Å². The third kappa shape index (κ3) is 3.30. The second kappa shape index (κ2) is 6.55. The van der Waals surface area contributed by atoms with Crippen LogP contribution >= 0.6 is 15.9 Å². The zero-order chi connectivity index (χ0) is 14.7. The minimum absolute atomic E-state index is 0.541. The first kappa shape index (κ1) is 15.3. The standard InChI is InChI=1S/C16H21BrN2O/c1-4-7-19-16(14(17)10-18-19)15(20)9-13-6-5-11(2)12(3)8-13/h5-6,8,10,15,20H,4,7,9H2,1-3H3. The van der Waals surface area contributed by atoms with E-state index in [0.717, 1.165) is 28.7 Å². The van der Waals surface area contributed by atoms with E-state index >= 15 is 0 Å². The minimum atomic E-state index is -0.541. The van der Waals surface area contributed by atoms with E-state index in [9.17, 15) is 5.11 Å². The van der Waals surface area contributed by atoms with Crippen molar-refractivity contribution < 1.29 is 5.11 Å². The number of nitrogens with zero attached hydrogens (tertiary/aromatic N) is 2. The normalized spacial score (nSPS) is 12.7. The summed E-state index contributed by atoms with van der Waals surface area (Å²) in [4.78, 5) is 0. The second-order valence-corrected chi connectivity index (χ2v) is 6.09. The van der Waals surface area contributed by atoms with Crippen LogP contribution in [0.25, 0.3) is 0 Å². The molecule has 108 valence electrons. The maximum atomic E-state index is 10.5. The minimum Gasteiger partial charge on any atom is -0.386 e. The number of aliphatic hydroxyl groups excluding tert-OH is 1. The first-order valence-electron chi connectivity index (χ1n) is 6.98. The van der Waals surface area contributed by atoms with Crippen molar-refractivity contribution in [1.82, 2.24) is 9.78 Å². The van der Waals surface area contributed by atoms with Crippen molar-refractivity contribution >= 4 is 15.9 Å².